The molecular weight excluding hydrogens is 436 g/mol. The number of piperidine rings is 1. The highest BCUT2D eigenvalue weighted by Crippen LogP contribution is 2.61. The standard InChI is InChI=1S/C30H38N2OS/c33-29(30-16-22-13-23(17-30)15-24(14-22)18-30)20-31-11-9-21(10-12-31)19-32-27-7-3-1-5-25(27)26-6-2-4-8-28(26)34-32/h1-8,21-24,29,33H,9-20H2/t22?,23?,24?,29-,30?/m0/s1. The monoisotopic (exact) mass is 474 g/mol. The van der Waals surface area contributed by atoms with Gasteiger partial charge in [-0.2, -0.15) is 0 Å². The molecule has 4 bridgehead atoms. The summed E-state index contributed by atoms with van der Waals surface area (Å²) < 4.78 is 2.54. The van der Waals surface area contributed by atoms with Crippen molar-refractivity contribution in [2.45, 2.75) is 62.4 Å². The molecule has 8 rings (SSSR count). The van der Waals surface area contributed by atoms with Gasteiger partial charge in [0.15, 0.2) is 0 Å². The molecule has 0 spiro atoms. The van der Waals surface area contributed by atoms with Gasteiger partial charge in [0.1, 0.15) is 0 Å². The Kier molecular flexibility index (Phi) is 5.48. The van der Waals surface area contributed by atoms with Gasteiger partial charge < -0.3 is 14.3 Å². The molecule has 1 N–H and O–H groups in total. The lowest BCUT2D eigenvalue weighted by Gasteiger charge is -2.59. The number of benzene rings is 2. The molecule has 0 amide bonds. The van der Waals surface area contributed by atoms with E-state index in [0.717, 1.165) is 49.9 Å². The molecule has 2 aromatic carbocycles. The zero-order valence-electron chi connectivity index (χ0n) is 20.2. The Morgan fingerprint density at radius 3 is 2.18 bits per heavy atom. The summed E-state index contributed by atoms with van der Waals surface area (Å²) in [5.74, 6) is 3.48. The summed E-state index contributed by atoms with van der Waals surface area (Å²) in [7, 11) is 0. The van der Waals surface area contributed by atoms with Crippen molar-refractivity contribution in [3.05, 3.63) is 48.5 Å². The average Bonchev–Trinajstić information content (AvgIpc) is 2.84. The van der Waals surface area contributed by atoms with Crippen molar-refractivity contribution in [1.29, 1.82) is 0 Å². The van der Waals surface area contributed by atoms with E-state index in [4.69, 9.17) is 0 Å². The van der Waals surface area contributed by atoms with Crippen LogP contribution in [-0.2, 0) is 0 Å². The molecule has 0 aromatic heterocycles. The number of nitrogens with zero attached hydrogens (tertiary/aromatic N) is 2. The Hall–Kier alpha value is -1.49. The van der Waals surface area contributed by atoms with Gasteiger partial charge in [-0.3, -0.25) is 0 Å². The van der Waals surface area contributed by atoms with E-state index in [1.807, 2.05) is 11.9 Å². The van der Waals surface area contributed by atoms with Crippen molar-refractivity contribution < 1.29 is 5.11 Å². The van der Waals surface area contributed by atoms with Gasteiger partial charge in [-0.05, 0) is 123 Å². The molecular formula is C30H38N2OS. The van der Waals surface area contributed by atoms with Gasteiger partial charge in [-0.1, -0.05) is 36.4 Å². The summed E-state index contributed by atoms with van der Waals surface area (Å²) >= 11 is 1.92. The van der Waals surface area contributed by atoms with Crippen LogP contribution in [0.1, 0.15) is 51.4 Å². The first-order valence-electron chi connectivity index (χ1n) is 13.7. The van der Waals surface area contributed by atoms with E-state index in [2.05, 4.69) is 57.7 Å². The van der Waals surface area contributed by atoms with Crippen LogP contribution < -0.4 is 4.31 Å². The fraction of sp³-hybridized carbons (Fsp3) is 0.600. The van der Waals surface area contributed by atoms with E-state index >= 15 is 0 Å². The largest absolute Gasteiger partial charge is 0.391 e. The summed E-state index contributed by atoms with van der Waals surface area (Å²) in [5, 5.41) is 11.4. The number of aliphatic hydroxyl groups is 1. The minimum absolute atomic E-state index is 0.113. The fourth-order valence-corrected chi connectivity index (χ4v) is 9.80. The maximum absolute atomic E-state index is 11.4. The van der Waals surface area contributed by atoms with Crippen LogP contribution in [0.3, 0.4) is 0 Å². The highest BCUT2D eigenvalue weighted by Gasteiger charge is 2.54. The maximum Gasteiger partial charge on any atom is 0.0723 e. The number of hydrogen-bond donors (Lipinski definition) is 1. The first-order valence-corrected chi connectivity index (χ1v) is 14.5. The molecule has 1 saturated heterocycles. The van der Waals surface area contributed by atoms with Crippen molar-refractivity contribution in [2.75, 3.05) is 30.5 Å². The second kappa shape index (κ2) is 8.57. The molecule has 4 aliphatic carbocycles. The Bertz CT molecular complexity index is 1010. The number of rotatable bonds is 5. The number of hydrogen-bond acceptors (Lipinski definition) is 4. The SMILES string of the molecule is O[C@@H](CN1CCC(CN2Sc3ccccc3-c3ccccc32)CC1)C12CC3CC(CC(C3)C1)C2. The van der Waals surface area contributed by atoms with E-state index in [-0.39, 0.29) is 11.5 Å². The predicted octanol–water partition coefficient (Wildman–Crippen LogP) is 6.47. The Balaban J connectivity index is 0.978. The van der Waals surface area contributed by atoms with E-state index in [0.29, 0.717) is 0 Å². The average molecular weight is 475 g/mol. The van der Waals surface area contributed by atoms with Crippen molar-refractivity contribution >= 4 is 17.6 Å². The molecule has 3 nitrogen and oxygen atoms in total. The summed E-state index contributed by atoms with van der Waals surface area (Å²) in [4.78, 5) is 3.96. The summed E-state index contributed by atoms with van der Waals surface area (Å²) in [6.07, 6.45) is 10.7. The van der Waals surface area contributed by atoms with Gasteiger partial charge in [0.2, 0.25) is 0 Å². The number of β-amino-alcohol motifs (C(OH)–C–C–N with tert-alkyl or cyclic N) is 1. The fourth-order valence-electron chi connectivity index (χ4n) is 8.60. The van der Waals surface area contributed by atoms with Crippen LogP contribution in [0.5, 0.6) is 0 Å². The lowest BCUT2D eigenvalue weighted by Crippen LogP contribution is -2.55. The summed E-state index contributed by atoms with van der Waals surface area (Å²) in [6, 6.07) is 17.7. The topological polar surface area (TPSA) is 26.7 Å². The molecule has 2 aliphatic heterocycles. The minimum atomic E-state index is -0.113. The lowest BCUT2D eigenvalue weighted by molar-refractivity contribution is -0.127. The molecule has 34 heavy (non-hydrogen) atoms. The van der Waals surface area contributed by atoms with Crippen LogP contribution in [0.25, 0.3) is 11.1 Å². The van der Waals surface area contributed by atoms with Crippen LogP contribution in [0.15, 0.2) is 53.4 Å². The van der Waals surface area contributed by atoms with Crippen LogP contribution in [0, 0.1) is 29.1 Å². The highest BCUT2D eigenvalue weighted by atomic mass is 32.2. The third-order valence-corrected chi connectivity index (χ3v) is 11.0. The van der Waals surface area contributed by atoms with Gasteiger partial charge in [0.25, 0.3) is 0 Å². The first-order chi connectivity index (χ1) is 16.6. The van der Waals surface area contributed by atoms with Crippen molar-refractivity contribution in [3.8, 4) is 11.1 Å². The summed E-state index contributed by atoms with van der Waals surface area (Å²) in [5.41, 5.74) is 4.36. The van der Waals surface area contributed by atoms with E-state index in [1.54, 1.807) is 0 Å². The number of fused-ring (bicyclic) bond motifs is 3. The van der Waals surface area contributed by atoms with Gasteiger partial charge >= 0.3 is 0 Å². The molecule has 5 fully saturated rings. The molecule has 0 unspecified atom stereocenters. The van der Waals surface area contributed by atoms with Crippen LogP contribution >= 0.6 is 11.9 Å². The molecule has 0 radical (unpaired) electrons. The van der Waals surface area contributed by atoms with Gasteiger partial charge in [-0.15, -0.1) is 0 Å². The Morgan fingerprint density at radius 2 is 1.47 bits per heavy atom. The molecule has 2 aromatic rings. The van der Waals surface area contributed by atoms with E-state index in [1.165, 1.54) is 73.1 Å². The molecule has 1 atom stereocenters. The Labute approximate surface area is 209 Å². The summed E-state index contributed by atoms with van der Waals surface area (Å²) in [6.45, 7) is 4.31. The normalized spacial score (nSPS) is 33.6. The zero-order valence-corrected chi connectivity index (χ0v) is 21.1. The van der Waals surface area contributed by atoms with Gasteiger partial charge in [-0.25, -0.2) is 0 Å². The van der Waals surface area contributed by atoms with Crippen LogP contribution in [-0.4, -0.2) is 42.3 Å². The molecule has 6 aliphatic rings. The predicted molar refractivity (Wildman–Crippen MR) is 141 cm³/mol. The van der Waals surface area contributed by atoms with Crippen molar-refractivity contribution in [1.82, 2.24) is 4.90 Å². The third-order valence-electron chi connectivity index (χ3n) is 9.91. The number of aliphatic hydroxyl groups excluding tert-OH is 1. The zero-order chi connectivity index (χ0) is 22.7. The van der Waals surface area contributed by atoms with Gasteiger partial charge in [0.05, 0.1) is 11.8 Å². The third kappa shape index (κ3) is 3.81. The number of anilines is 1. The minimum Gasteiger partial charge on any atom is -0.391 e. The Morgan fingerprint density at radius 1 is 0.853 bits per heavy atom. The van der Waals surface area contributed by atoms with Crippen molar-refractivity contribution in [3.63, 3.8) is 0 Å². The van der Waals surface area contributed by atoms with E-state index < -0.39 is 0 Å². The molecule has 4 heteroatoms. The van der Waals surface area contributed by atoms with E-state index in [9.17, 15) is 5.11 Å². The molecule has 180 valence electrons. The highest BCUT2D eigenvalue weighted by molar-refractivity contribution is 8.01. The smallest absolute Gasteiger partial charge is 0.0723 e. The van der Waals surface area contributed by atoms with Gasteiger partial charge in [0, 0.05) is 23.5 Å². The molecule has 2 heterocycles. The second-order valence-corrected chi connectivity index (χ2v) is 13.3. The van der Waals surface area contributed by atoms with Crippen molar-refractivity contribution in [2.24, 2.45) is 29.1 Å². The lowest BCUT2D eigenvalue weighted by atomic mass is 9.48. The number of para-hydroxylation sites is 1. The maximum atomic E-state index is 11.4. The second-order valence-electron chi connectivity index (χ2n) is 12.2. The quantitative estimate of drug-likeness (QED) is 0.503. The van der Waals surface area contributed by atoms with Crippen LogP contribution in [0.4, 0.5) is 5.69 Å². The first kappa shape index (κ1) is 21.8. The number of likely N-dealkylation sites (tertiary alicyclic amines) is 1. The molecule has 4 saturated carbocycles. The van der Waals surface area contributed by atoms with Crippen LogP contribution in [0.2, 0.25) is 0 Å².